The summed E-state index contributed by atoms with van der Waals surface area (Å²) in [5.41, 5.74) is 0.594. The van der Waals surface area contributed by atoms with Crippen molar-refractivity contribution in [1.82, 2.24) is 9.97 Å². The monoisotopic (exact) mass is 392 g/mol. The predicted molar refractivity (Wildman–Crippen MR) is 99.9 cm³/mol. The SMILES string of the molecule is O=C(Nc1cccnc1N1CCC(CO)CC1)c1cccc(OCC(F)F)n1. The number of amides is 1. The minimum atomic E-state index is -2.62. The molecule has 0 aliphatic carbocycles. The van der Waals surface area contributed by atoms with E-state index in [9.17, 15) is 18.7 Å². The van der Waals surface area contributed by atoms with E-state index in [1.807, 2.05) is 0 Å². The molecule has 28 heavy (non-hydrogen) atoms. The number of aromatic nitrogens is 2. The Morgan fingerprint density at radius 2 is 2.07 bits per heavy atom. The van der Waals surface area contributed by atoms with Gasteiger partial charge in [0.2, 0.25) is 5.88 Å². The maximum atomic E-state index is 12.6. The molecule has 9 heteroatoms. The number of hydrogen-bond donors (Lipinski definition) is 2. The first-order valence-electron chi connectivity index (χ1n) is 9.07. The molecule has 1 saturated heterocycles. The number of piperidine rings is 1. The van der Waals surface area contributed by atoms with Gasteiger partial charge in [-0.3, -0.25) is 4.79 Å². The van der Waals surface area contributed by atoms with Crippen molar-refractivity contribution in [2.45, 2.75) is 19.3 Å². The van der Waals surface area contributed by atoms with Crippen LogP contribution >= 0.6 is 0 Å². The zero-order chi connectivity index (χ0) is 19.9. The highest BCUT2D eigenvalue weighted by Crippen LogP contribution is 2.28. The van der Waals surface area contributed by atoms with Crippen molar-refractivity contribution in [2.75, 3.05) is 36.5 Å². The van der Waals surface area contributed by atoms with E-state index >= 15 is 0 Å². The van der Waals surface area contributed by atoms with Gasteiger partial charge < -0.3 is 20.1 Å². The fourth-order valence-corrected chi connectivity index (χ4v) is 3.03. The number of carbonyl (C=O) groups is 1. The summed E-state index contributed by atoms with van der Waals surface area (Å²) in [7, 11) is 0. The van der Waals surface area contributed by atoms with E-state index in [0.717, 1.165) is 25.9 Å². The van der Waals surface area contributed by atoms with E-state index in [1.165, 1.54) is 18.2 Å². The molecule has 3 heterocycles. The summed E-state index contributed by atoms with van der Waals surface area (Å²) in [6, 6.07) is 7.88. The Bertz CT molecular complexity index is 798. The van der Waals surface area contributed by atoms with Crippen molar-refractivity contribution in [3.05, 3.63) is 42.2 Å². The molecule has 7 nitrogen and oxygen atoms in total. The van der Waals surface area contributed by atoms with Crippen molar-refractivity contribution in [1.29, 1.82) is 0 Å². The number of ether oxygens (including phenoxy) is 1. The summed E-state index contributed by atoms with van der Waals surface area (Å²) in [6.07, 6.45) is 0.740. The van der Waals surface area contributed by atoms with Crippen molar-refractivity contribution in [2.24, 2.45) is 5.92 Å². The highest BCUT2D eigenvalue weighted by molar-refractivity contribution is 6.04. The summed E-state index contributed by atoms with van der Waals surface area (Å²) < 4.78 is 29.4. The van der Waals surface area contributed by atoms with E-state index in [2.05, 4.69) is 20.2 Å². The van der Waals surface area contributed by atoms with Crippen LogP contribution in [-0.4, -0.2) is 53.7 Å². The molecule has 1 aliphatic heterocycles. The first kappa shape index (κ1) is 19.9. The molecule has 2 N–H and O–H groups in total. The third-order valence-corrected chi connectivity index (χ3v) is 4.52. The number of hydrogen-bond acceptors (Lipinski definition) is 6. The molecule has 1 aliphatic rings. The average molecular weight is 392 g/mol. The van der Waals surface area contributed by atoms with Crippen LogP contribution in [0.25, 0.3) is 0 Å². The molecule has 0 radical (unpaired) electrons. The third kappa shape index (κ3) is 5.13. The Kier molecular flexibility index (Phi) is 6.70. The Morgan fingerprint density at radius 1 is 1.29 bits per heavy atom. The van der Waals surface area contributed by atoms with E-state index in [0.29, 0.717) is 11.5 Å². The second-order valence-corrected chi connectivity index (χ2v) is 6.50. The molecular weight excluding hydrogens is 370 g/mol. The number of pyridine rings is 2. The highest BCUT2D eigenvalue weighted by atomic mass is 19.3. The second kappa shape index (κ2) is 9.41. The van der Waals surface area contributed by atoms with E-state index in [4.69, 9.17) is 4.74 Å². The highest BCUT2D eigenvalue weighted by Gasteiger charge is 2.22. The van der Waals surface area contributed by atoms with Gasteiger partial charge in [-0.15, -0.1) is 0 Å². The van der Waals surface area contributed by atoms with E-state index in [1.54, 1.807) is 18.3 Å². The minimum absolute atomic E-state index is 0.0366. The van der Waals surface area contributed by atoms with Crippen molar-refractivity contribution in [3.63, 3.8) is 0 Å². The van der Waals surface area contributed by atoms with Crippen LogP contribution in [0.1, 0.15) is 23.3 Å². The van der Waals surface area contributed by atoms with Crippen molar-refractivity contribution < 1.29 is 23.4 Å². The minimum Gasteiger partial charge on any atom is -0.472 e. The molecule has 0 unspecified atom stereocenters. The topological polar surface area (TPSA) is 87.6 Å². The summed E-state index contributed by atoms with van der Waals surface area (Å²) >= 11 is 0. The van der Waals surface area contributed by atoms with Crippen LogP contribution in [0.4, 0.5) is 20.3 Å². The first-order chi connectivity index (χ1) is 13.6. The normalized spacial score (nSPS) is 14.9. The van der Waals surface area contributed by atoms with Crippen molar-refractivity contribution in [3.8, 4) is 5.88 Å². The molecule has 0 atom stereocenters. The first-order valence-corrected chi connectivity index (χ1v) is 9.07. The quantitative estimate of drug-likeness (QED) is 0.753. The van der Waals surface area contributed by atoms with Crippen LogP contribution in [0.3, 0.4) is 0 Å². The fraction of sp³-hybridized carbons (Fsp3) is 0.421. The molecule has 1 amide bonds. The maximum absolute atomic E-state index is 12.6. The zero-order valence-corrected chi connectivity index (χ0v) is 15.2. The summed E-state index contributed by atoms with van der Waals surface area (Å²) in [5, 5.41) is 12.1. The number of nitrogens with zero attached hydrogens (tertiary/aromatic N) is 3. The van der Waals surface area contributed by atoms with Crippen LogP contribution in [0.2, 0.25) is 0 Å². The van der Waals surface area contributed by atoms with Gasteiger partial charge in [-0.1, -0.05) is 6.07 Å². The van der Waals surface area contributed by atoms with Gasteiger partial charge in [0.25, 0.3) is 12.3 Å². The molecule has 2 aromatic heterocycles. The Morgan fingerprint density at radius 3 is 2.79 bits per heavy atom. The lowest BCUT2D eigenvalue weighted by molar-refractivity contribution is 0.0794. The number of carbonyl (C=O) groups excluding carboxylic acids is 1. The van der Waals surface area contributed by atoms with Gasteiger partial charge in [0.1, 0.15) is 5.69 Å². The fourth-order valence-electron chi connectivity index (χ4n) is 3.03. The second-order valence-electron chi connectivity index (χ2n) is 6.50. The lowest BCUT2D eigenvalue weighted by Crippen LogP contribution is -2.36. The van der Waals surface area contributed by atoms with Gasteiger partial charge in [-0.2, -0.15) is 0 Å². The molecule has 0 saturated carbocycles. The number of aliphatic hydroxyl groups excluding tert-OH is 1. The average Bonchev–Trinajstić information content (AvgIpc) is 2.73. The number of alkyl halides is 2. The number of halogens is 2. The molecule has 150 valence electrons. The van der Waals surface area contributed by atoms with E-state index < -0.39 is 18.9 Å². The van der Waals surface area contributed by atoms with Gasteiger partial charge in [-0.05, 0) is 37.0 Å². The molecule has 3 rings (SSSR count). The Balaban J connectivity index is 1.70. The smallest absolute Gasteiger partial charge is 0.274 e. The van der Waals surface area contributed by atoms with Gasteiger partial charge in [-0.25, -0.2) is 18.7 Å². The molecule has 2 aromatic rings. The molecule has 1 fully saturated rings. The third-order valence-electron chi connectivity index (χ3n) is 4.52. The lowest BCUT2D eigenvalue weighted by atomic mass is 9.98. The molecular formula is C19H22F2N4O3. The predicted octanol–water partition coefficient (Wildman–Crippen LogP) is 2.58. The number of nitrogens with one attached hydrogen (secondary N) is 1. The lowest BCUT2D eigenvalue weighted by Gasteiger charge is -2.33. The molecule has 0 spiro atoms. The summed E-state index contributed by atoms with van der Waals surface area (Å²) in [5.74, 6) is 0.419. The standard InChI is InChI=1S/C19H22F2N4O3/c20-16(21)12-28-17-5-1-3-15(23-17)19(27)24-14-4-2-8-22-18(14)25-9-6-13(11-26)7-10-25/h1-5,8,13,16,26H,6-7,9-12H2,(H,24,27). The van der Waals surface area contributed by atoms with Crippen LogP contribution in [0.5, 0.6) is 5.88 Å². The van der Waals surface area contributed by atoms with Crippen LogP contribution in [0, 0.1) is 5.92 Å². The molecule has 0 bridgehead atoms. The van der Waals surface area contributed by atoms with Gasteiger partial charge in [0.05, 0.1) is 5.69 Å². The Labute approximate surface area is 161 Å². The Hall–Kier alpha value is -2.81. The van der Waals surface area contributed by atoms with Crippen LogP contribution in [-0.2, 0) is 0 Å². The van der Waals surface area contributed by atoms with Gasteiger partial charge in [0, 0.05) is 32.0 Å². The number of anilines is 2. The van der Waals surface area contributed by atoms with Crippen molar-refractivity contribution >= 4 is 17.4 Å². The van der Waals surface area contributed by atoms with Crippen LogP contribution in [0.15, 0.2) is 36.5 Å². The number of aliphatic hydroxyl groups is 1. The van der Waals surface area contributed by atoms with Crippen LogP contribution < -0.4 is 15.0 Å². The number of rotatable bonds is 7. The molecule has 0 aromatic carbocycles. The zero-order valence-electron chi connectivity index (χ0n) is 15.2. The maximum Gasteiger partial charge on any atom is 0.274 e. The van der Waals surface area contributed by atoms with Gasteiger partial charge >= 0.3 is 0 Å². The largest absolute Gasteiger partial charge is 0.472 e. The summed E-state index contributed by atoms with van der Waals surface area (Å²) in [4.78, 5) is 23.0. The van der Waals surface area contributed by atoms with E-state index in [-0.39, 0.29) is 24.1 Å². The summed E-state index contributed by atoms with van der Waals surface area (Å²) in [6.45, 7) is 0.866. The van der Waals surface area contributed by atoms with Gasteiger partial charge in [0.15, 0.2) is 12.4 Å².